The van der Waals surface area contributed by atoms with Crippen molar-refractivity contribution in [3.8, 4) is 23.8 Å². The quantitative estimate of drug-likeness (QED) is 0.316. The second-order valence-electron chi connectivity index (χ2n) is 6.33. The zero-order chi connectivity index (χ0) is 21.1. The molecule has 0 radical (unpaired) electrons. The molecular formula is C22H18BrNO3S2. The second-order valence-corrected chi connectivity index (χ2v) is 8.92. The number of carbonyl (C=O) groups is 1. The SMILES string of the molecule is C#CCOc1c(/C=C2\SC(=S)N(c3ccc(C)cc3C)C2=O)cc(Br)cc1OC. The fourth-order valence-electron chi connectivity index (χ4n) is 2.99. The van der Waals surface area contributed by atoms with Gasteiger partial charge in [0, 0.05) is 10.0 Å². The molecule has 0 bridgehead atoms. The van der Waals surface area contributed by atoms with E-state index in [4.69, 9.17) is 28.1 Å². The predicted molar refractivity (Wildman–Crippen MR) is 127 cm³/mol. The van der Waals surface area contributed by atoms with Crippen molar-refractivity contribution in [1.29, 1.82) is 0 Å². The lowest BCUT2D eigenvalue weighted by atomic mass is 10.1. The number of halogens is 1. The number of hydrogen-bond donors (Lipinski definition) is 0. The van der Waals surface area contributed by atoms with Crippen LogP contribution in [0.15, 0.2) is 39.7 Å². The number of anilines is 1. The number of thiocarbonyl (C=S) groups is 1. The van der Waals surface area contributed by atoms with E-state index in [1.807, 2.05) is 38.1 Å². The highest BCUT2D eigenvalue weighted by Crippen LogP contribution is 2.41. The van der Waals surface area contributed by atoms with Crippen molar-refractivity contribution in [3.63, 3.8) is 0 Å². The average Bonchev–Trinajstić information content (AvgIpc) is 2.94. The van der Waals surface area contributed by atoms with Crippen LogP contribution in [0.2, 0.25) is 0 Å². The molecule has 1 heterocycles. The summed E-state index contributed by atoms with van der Waals surface area (Å²) in [6.45, 7) is 4.07. The minimum atomic E-state index is -0.172. The zero-order valence-electron chi connectivity index (χ0n) is 16.1. The van der Waals surface area contributed by atoms with E-state index in [2.05, 4.69) is 21.9 Å². The summed E-state index contributed by atoms with van der Waals surface area (Å²) in [7, 11) is 1.55. The van der Waals surface area contributed by atoms with Crippen LogP contribution in [0.4, 0.5) is 5.69 Å². The van der Waals surface area contributed by atoms with Gasteiger partial charge in [0.15, 0.2) is 15.8 Å². The molecule has 0 saturated carbocycles. The van der Waals surface area contributed by atoms with Crippen LogP contribution in [0, 0.1) is 26.2 Å². The van der Waals surface area contributed by atoms with Crippen molar-refractivity contribution in [2.75, 3.05) is 18.6 Å². The number of methoxy groups -OCH3 is 1. The number of carbonyl (C=O) groups excluding carboxylic acids is 1. The third kappa shape index (κ3) is 4.50. The first-order valence-electron chi connectivity index (χ1n) is 8.64. The maximum atomic E-state index is 13.2. The van der Waals surface area contributed by atoms with Crippen molar-refractivity contribution in [2.45, 2.75) is 13.8 Å². The van der Waals surface area contributed by atoms with Crippen LogP contribution in [-0.4, -0.2) is 23.9 Å². The standard InChI is InChI=1S/C22H18BrNO3S2/c1-5-8-27-20-15(10-16(23)12-18(20)26-4)11-19-21(25)24(22(28)29-19)17-7-6-13(2)9-14(17)3/h1,6-7,9-12H,8H2,2-4H3/b19-11-. The van der Waals surface area contributed by atoms with Gasteiger partial charge >= 0.3 is 0 Å². The highest BCUT2D eigenvalue weighted by molar-refractivity contribution is 9.10. The Balaban J connectivity index is 2.04. The highest BCUT2D eigenvalue weighted by Gasteiger charge is 2.34. The normalized spacial score (nSPS) is 15.0. The number of aryl methyl sites for hydroxylation is 2. The Labute approximate surface area is 188 Å². The van der Waals surface area contributed by atoms with Crippen molar-refractivity contribution < 1.29 is 14.3 Å². The van der Waals surface area contributed by atoms with Crippen LogP contribution >= 0.6 is 39.9 Å². The number of hydrogen-bond acceptors (Lipinski definition) is 5. The van der Waals surface area contributed by atoms with Crippen molar-refractivity contribution >= 4 is 61.9 Å². The van der Waals surface area contributed by atoms with E-state index in [0.717, 1.165) is 21.3 Å². The van der Waals surface area contributed by atoms with Crippen LogP contribution in [0.5, 0.6) is 11.5 Å². The smallest absolute Gasteiger partial charge is 0.270 e. The van der Waals surface area contributed by atoms with Gasteiger partial charge in [-0.15, -0.1) is 6.42 Å². The summed E-state index contributed by atoms with van der Waals surface area (Å²) in [6.07, 6.45) is 7.09. The number of nitrogens with zero attached hydrogens (tertiary/aromatic N) is 1. The highest BCUT2D eigenvalue weighted by atomic mass is 79.9. The van der Waals surface area contributed by atoms with Gasteiger partial charge in [-0.3, -0.25) is 9.69 Å². The number of terminal acetylenes is 1. The molecule has 0 atom stereocenters. The molecular weight excluding hydrogens is 470 g/mol. The van der Waals surface area contributed by atoms with E-state index < -0.39 is 0 Å². The zero-order valence-corrected chi connectivity index (χ0v) is 19.3. The molecule has 1 aliphatic heterocycles. The minimum Gasteiger partial charge on any atom is -0.493 e. The van der Waals surface area contributed by atoms with Gasteiger partial charge in [-0.1, -0.05) is 63.5 Å². The number of amides is 1. The first kappa shape index (κ1) is 21.4. The van der Waals surface area contributed by atoms with Crippen molar-refractivity contribution in [1.82, 2.24) is 0 Å². The molecule has 1 fully saturated rings. The van der Waals surface area contributed by atoms with Gasteiger partial charge in [-0.25, -0.2) is 0 Å². The van der Waals surface area contributed by atoms with E-state index in [-0.39, 0.29) is 12.5 Å². The summed E-state index contributed by atoms with van der Waals surface area (Å²) in [5.74, 6) is 3.27. The van der Waals surface area contributed by atoms with Crippen molar-refractivity contribution in [2.24, 2.45) is 0 Å². The lowest BCUT2D eigenvalue weighted by molar-refractivity contribution is -0.113. The molecule has 7 heteroatoms. The average molecular weight is 488 g/mol. The number of ether oxygens (including phenoxy) is 2. The van der Waals surface area contributed by atoms with Gasteiger partial charge in [0.2, 0.25) is 0 Å². The van der Waals surface area contributed by atoms with E-state index in [1.54, 1.807) is 24.2 Å². The molecule has 3 rings (SSSR count). The largest absolute Gasteiger partial charge is 0.493 e. The molecule has 4 nitrogen and oxygen atoms in total. The number of thioether (sulfide) groups is 1. The fourth-order valence-corrected chi connectivity index (χ4v) is 4.72. The molecule has 0 spiro atoms. The first-order valence-corrected chi connectivity index (χ1v) is 10.7. The Kier molecular flexibility index (Phi) is 6.68. The van der Waals surface area contributed by atoms with E-state index in [0.29, 0.717) is 26.3 Å². The third-order valence-electron chi connectivity index (χ3n) is 4.24. The topological polar surface area (TPSA) is 38.8 Å². The Morgan fingerprint density at radius 2 is 2.07 bits per heavy atom. The molecule has 29 heavy (non-hydrogen) atoms. The maximum Gasteiger partial charge on any atom is 0.270 e. The Morgan fingerprint density at radius 1 is 1.31 bits per heavy atom. The van der Waals surface area contributed by atoms with Gasteiger partial charge in [0.1, 0.15) is 6.61 Å². The van der Waals surface area contributed by atoms with Gasteiger partial charge in [0.25, 0.3) is 5.91 Å². The van der Waals surface area contributed by atoms with E-state index in [1.165, 1.54) is 11.8 Å². The third-order valence-corrected chi connectivity index (χ3v) is 6.00. The molecule has 1 saturated heterocycles. The first-order chi connectivity index (χ1) is 13.8. The second kappa shape index (κ2) is 9.04. The van der Waals surface area contributed by atoms with Gasteiger partial charge < -0.3 is 9.47 Å². The molecule has 0 N–H and O–H groups in total. The summed E-state index contributed by atoms with van der Waals surface area (Å²) in [4.78, 5) is 15.2. The van der Waals surface area contributed by atoms with Gasteiger partial charge in [-0.05, 0) is 43.7 Å². The molecule has 2 aromatic rings. The summed E-state index contributed by atoms with van der Waals surface area (Å²) in [5.41, 5.74) is 3.58. The number of rotatable bonds is 5. The molecule has 1 amide bonds. The van der Waals surface area contributed by atoms with Gasteiger partial charge in [-0.2, -0.15) is 0 Å². The van der Waals surface area contributed by atoms with Crippen LogP contribution in [0.1, 0.15) is 16.7 Å². The van der Waals surface area contributed by atoms with Crippen LogP contribution < -0.4 is 14.4 Å². The Morgan fingerprint density at radius 3 is 2.72 bits per heavy atom. The lowest BCUT2D eigenvalue weighted by Gasteiger charge is -2.17. The molecule has 148 valence electrons. The maximum absolute atomic E-state index is 13.2. The van der Waals surface area contributed by atoms with E-state index in [9.17, 15) is 4.79 Å². The molecule has 0 aromatic heterocycles. The Hall–Kier alpha value is -2.27. The summed E-state index contributed by atoms with van der Waals surface area (Å²) in [6, 6.07) is 9.54. The van der Waals surface area contributed by atoms with E-state index >= 15 is 0 Å². The lowest BCUT2D eigenvalue weighted by Crippen LogP contribution is -2.28. The number of benzene rings is 2. The van der Waals surface area contributed by atoms with Crippen LogP contribution in [0.3, 0.4) is 0 Å². The van der Waals surface area contributed by atoms with Crippen molar-refractivity contribution in [3.05, 3.63) is 56.4 Å². The molecule has 2 aromatic carbocycles. The molecule has 0 unspecified atom stereocenters. The summed E-state index contributed by atoms with van der Waals surface area (Å²) in [5, 5.41) is 0. The molecule has 0 aliphatic carbocycles. The molecule has 1 aliphatic rings. The van der Waals surface area contributed by atoms with Crippen LogP contribution in [-0.2, 0) is 4.79 Å². The predicted octanol–water partition coefficient (Wildman–Crippen LogP) is 5.49. The summed E-state index contributed by atoms with van der Waals surface area (Å²) >= 11 is 10.2. The van der Waals surface area contributed by atoms with Crippen LogP contribution in [0.25, 0.3) is 6.08 Å². The fraction of sp³-hybridized carbons (Fsp3) is 0.182. The summed E-state index contributed by atoms with van der Waals surface area (Å²) < 4.78 is 12.4. The minimum absolute atomic E-state index is 0.0857. The Bertz CT molecular complexity index is 1070. The van der Waals surface area contributed by atoms with Gasteiger partial charge in [0.05, 0.1) is 17.7 Å². The monoisotopic (exact) mass is 487 g/mol.